The third-order valence-corrected chi connectivity index (χ3v) is 4.02. The molecule has 2 N–H and O–H groups in total. The van der Waals surface area contributed by atoms with Crippen LogP contribution in [0.25, 0.3) is 0 Å². The fourth-order valence-corrected chi connectivity index (χ4v) is 2.56. The van der Waals surface area contributed by atoms with Crippen molar-refractivity contribution in [3.63, 3.8) is 0 Å². The Morgan fingerprint density at radius 2 is 1.70 bits per heavy atom. The standard InChI is InChI=1S/C15H28N2O3/c1-3-5-10-17(11-6-4-2)14(20)16-15(8-7-9-15)12-13(18)19/h3-12H2,1-2H3,(H,16,20)(H,18,19). The van der Waals surface area contributed by atoms with E-state index in [0.717, 1.165) is 58.0 Å². The van der Waals surface area contributed by atoms with Crippen LogP contribution in [0, 0.1) is 0 Å². The number of unbranched alkanes of at least 4 members (excludes halogenated alkanes) is 2. The van der Waals surface area contributed by atoms with Crippen LogP contribution in [0.15, 0.2) is 0 Å². The molecule has 0 aromatic rings. The Kier molecular flexibility index (Phi) is 6.82. The zero-order chi connectivity index (χ0) is 15.0. The van der Waals surface area contributed by atoms with Gasteiger partial charge in [-0.2, -0.15) is 0 Å². The first-order valence-corrected chi connectivity index (χ1v) is 7.82. The zero-order valence-electron chi connectivity index (χ0n) is 12.8. The lowest BCUT2D eigenvalue weighted by Crippen LogP contribution is -2.58. The van der Waals surface area contributed by atoms with Crippen molar-refractivity contribution in [3.05, 3.63) is 0 Å². The topological polar surface area (TPSA) is 69.6 Å². The second-order valence-corrected chi connectivity index (χ2v) is 5.83. The summed E-state index contributed by atoms with van der Waals surface area (Å²) in [5, 5.41) is 12.0. The molecule has 0 unspecified atom stereocenters. The molecule has 1 aliphatic rings. The minimum absolute atomic E-state index is 0.0358. The molecule has 0 radical (unpaired) electrons. The maximum atomic E-state index is 12.4. The summed E-state index contributed by atoms with van der Waals surface area (Å²) in [7, 11) is 0. The number of amides is 2. The van der Waals surface area contributed by atoms with Crippen LogP contribution in [0.5, 0.6) is 0 Å². The van der Waals surface area contributed by atoms with Crippen molar-refractivity contribution in [2.24, 2.45) is 0 Å². The van der Waals surface area contributed by atoms with E-state index in [2.05, 4.69) is 19.2 Å². The second kappa shape index (κ2) is 8.12. The van der Waals surface area contributed by atoms with Gasteiger partial charge in [0.1, 0.15) is 0 Å². The lowest BCUT2D eigenvalue weighted by molar-refractivity contribution is -0.139. The molecular formula is C15H28N2O3. The van der Waals surface area contributed by atoms with E-state index in [-0.39, 0.29) is 12.5 Å². The van der Waals surface area contributed by atoms with E-state index in [1.54, 1.807) is 0 Å². The average molecular weight is 284 g/mol. The molecule has 1 rings (SSSR count). The van der Waals surface area contributed by atoms with Gasteiger partial charge in [-0.3, -0.25) is 4.79 Å². The quantitative estimate of drug-likeness (QED) is 0.684. The molecule has 0 saturated heterocycles. The highest BCUT2D eigenvalue weighted by Crippen LogP contribution is 2.35. The molecule has 5 heteroatoms. The number of hydrogen-bond donors (Lipinski definition) is 2. The molecule has 0 aliphatic heterocycles. The molecule has 1 fully saturated rings. The van der Waals surface area contributed by atoms with Crippen molar-refractivity contribution < 1.29 is 14.7 Å². The number of aliphatic carboxylic acids is 1. The summed E-state index contributed by atoms with van der Waals surface area (Å²) in [6, 6.07) is -0.0900. The number of carboxylic acid groups (broad SMARTS) is 1. The lowest BCUT2D eigenvalue weighted by atomic mass is 9.74. The van der Waals surface area contributed by atoms with Gasteiger partial charge in [0.05, 0.1) is 12.0 Å². The van der Waals surface area contributed by atoms with Crippen LogP contribution in [0.2, 0.25) is 0 Å². The Hall–Kier alpha value is -1.26. The Labute approximate surface area is 121 Å². The third-order valence-electron chi connectivity index (χ3n) is 4.02. The van der Waals surface area contributed by atoms with E-state index in [9.17, 15) is 9.59 Å². The van der Waals surface area contributed by atoms with E-state index < -0.39 is 11.5 Å². The fourth-order valence-electron chi connectivity index (χ4n) is 2.56. The maximum absolute atomic E-state index is 12.4. The van der Waals surface area contributed by atoms with Crippen LogP contribution in [0.1, 0.15) is 65.2 Å². The van der Waals surface area contributed by atoms with Crippen LogP contribution >= 0.6 is 0 Å². The largest absolute Gasteiger partial charge is 0.481 e. The van der Waals surface area contributed by atoms with Crippen LogP contribution in [0.3, 0.4) is 0 Å². The second-order valence-electron chi connectivity index (χ2n) is 5.83. The number of nitrogens with one attached hydrogen (secondary N) is 1. The molecule has 0 heterocycles. The minimum Gasteiger partial charge on any atom is -0.481 e. The number of nitrogens with zero attached hydrogens (tertiary/aromatic N) is 1. The van der Waals surface area contributed by atoms with Gasteiger partial charge in [-0.25, -0.2) is 4.79 Å². The van der Waals surface area contributed by atoms with Crippen molar-refractivity contribution in [1.29, 1.82) is 0 Å². The van der Waals surface area contributed by atoms with Crippen molar-refractivity contribution in [2.75, 3.05) is 13.1 Å². The number of carbonyl (C=O) groups excluding carboxylic acids is 1. The Balaban J connectivity index is 2.56. The van der Waals surface area contributed by atoms with Gasteiger partial charge in [-0.15, -0.1) is 0 Å². The summed E-state index contributed by atoms with van der Waals surface area (Å²) in [4.78, 5) is 25.1. The van der Waals surface area contributed by atoms with Gasteiger partial charge in [0.15, 0.2) is 0 Å². The van der Waals surface area contributed by atoms with Gasteiger partial charge in [0, 0.05) is 13.1 Å². The molecule has 20 heavy (non-hydrogen) atoms. The van der Waals surface area contributed by atoms with E-state index >= 15 is 0 Å². The number of carbonyl (C=O) groups is 2. The molecule has 116 valence electrons. The minimum atomic E-state index is -0.835. The lowest BCUT2D eigenvalue weighted by Gasteiger charge is -2.42. The van der Waals surface area contributed by atoms with Gasteiger partial charge >= 0.3 is 12.0 Å². The molecule has 0 spiro atoms. The van der Waals surface area contributed by atoms with Crippen molar-refractivity contribution >= 4 is 12.0 Å². The number of hydrogen-bond acceptors (Lipinski definition) is 2. The highest BCUT2D eigenvalue weighted by atomic mass is 16.4. The molecule has 1 aliphatic carbocycles. The molecule has 0 aromatic carbocycles. The molecular weight excluding hydrogens is 256 g/mol. The normalized spacial score (nSPS) is 16.3. The first kappa shape index (κ1) is 16.8. The predicted octanol–water partition coefficient (Wildman–Crippen LogP) is 3.00. The van der Waals surface area contributed by atoms with Crippen molar-refractivity contribution in [3.8, 4) is 0 Å². The first-order valence-electron chi connectivity index (χ1n) is 7.82. The predicted molar refractivity (Wildman–Crippen MR) is 78.8 cm³/mol. The highest BCUT2D eigenvalue weighted by Gasteiger charge is 2.41. The number of urea groups is 1. The van der Waals surface area contributed by atoms with E-state index in [0.29, 0.717) is 0 Å². The summed E-state index contributed by atoms with van der Waals surface area (Å²) < 4.78 is 0. The van der Waals surface area contributed by atoms with Crippen LogP contribution < -0.4 is 5.32 Å². The summed E-state index contributed by atoms with van der Waals surface area (Å²) in [6.45, 7) is 5.72. The van der Waals surface area contributed by atoms with E-state index in [1.807, 2.05) is 4.90 Å². The van der Waals surface area contributed by atoms with Crippen LogP contribution in [0.4, 0.5) is 4.79 Å². The Morgan fingerprint density at radius 3 is 2.05 bits per heavy atom. The third kappa shape index (κ3) is 5.02. The average Bonchev–Trinajstić information content (AvgIpc) is 2.35. The van der Waals surface area contributed by atoms with Gasteiger partial charge < -0.3 is 15.3 Å². The summed E-state index contributed by atoms with van der Waals surface area (Å²) in [5.74, 6) is -0.835. The Morgan fingerprint density at radius 1 is 1.15 bits per heavy atom. The Bertz CT molecular complexity index is 319. The summed E-state index contributed by atoms with van der Waals surface area (Å²) >= 11 is 0. The van der Waals surface area contributed by atoms with E-state index in [1.165, 1.54) is 0 Å². The van der Waals surface area contributed by atoms with Gasteiger partial charge in [-0.05, 0) is 32.1 Å². The van der Waals surface area contributed by atoms with Crippen LogP contribution in [-0.2, 0) is 4.79 Å². The van der Waals surface area contributed by atoms with Crippen molar-refractivity contribution in [1.82, 2.24) is 10.2 Å². The number of carboxylic acids is 1. The fraction of sp³-hybridized carbons (Fsp3) is 0.867. The number of rotatable bonds is 9. The smallest absolute Gasteiger partial charge is 0.317 e. The molecule has 5 nitrogen and oxygen atoms in total. The first-order chi connectivity index (χ1) is 9.53. The summed E-state index contributed by atoms with van der Waals surface area (Å²) in [6.07, 6.45) is 6.67. The molecule has 1 saturated carbocycles. The molecule has 0 bridgehead atoms. The molecule has 0 atom stereocenters. The monoisotopic (exact) mass is 284 g/mol. The maximum Gasteiger partial charge on any atom is 0.317 e. The van der Waals surface area contributed by atoms with Gasteiger partial charge in [0.25, 0.3) is 0 Å². The SMILES string of the molecule is CCCCN(CCCC)C(=O)NC1(CC(=O)O)CCC1. The van der Waals surface area contributed by atoms with Gasteiger partial charge in [0.2, 0.25) is 0 Å². The van der Waals surface area contributed by atoms with E-state index in [4.69, 9.17) is 5.11 Å². The summed E-state index contributed by atoms with van der Waals surface area (Å²) in [5.41, 5.74) is -0.500. The molecule has 2 amide bonds. The van der Waals surface area contributed by atoms with Gasteiger partial charge in [-0.1, -0.05) is 26.7 Å². The van der Waals surface area contributed by atoms with Crippen LogP contribution in [-0.4, -0.2) is 40.6 Å². The van der Waals surface area contributed by atoms with Crippen molar-refractivity contribution in [2.45, 2.75) is 70.8 Å². The zero-order valence-corrected chi connectivity index (χ0v) is 12.8. The molecule has 0 aromatic heterocycles. The highest BCUT2D eigenvalue weighted by molar-refractivity contribution is 5.77.